The van der Waals surface area contributed by atoms with Crippen LogP contribution in [0.4, 0.5) is 4.39 Å². The summed E-state index contributed by atoms with van der Waals surface area (Å²) in [6.07, 6.45) is 0. The monoisotopic (exact) mass is 290 g/mol. The summed E-state index contributed by atoms with van der Waals surface area (Å²) in [4.78, 5) is 12.1. The highest BCUT2D eigenvalue weighted by molar-refractivity contribution is 5.99. The average molecular weight is 290 g/mol. The maximum absolute atomic E-state index is 13.2. The number of Topliss-reactive ketones (excluding diaryl/α,β-unsaturated/α-hetero) is 1. The maximum atomic E-state index is 13.2. The largest absolute Gasteiger partial charge is 0.496 e. The molecule has 0 aliphatic carbocycles. The number of methoxy groups -OCH3 is 1. The molecule has 2 rings (SSSR count). The molecule has 1 N–H and O–H groups in total. The van der Waals surface area contributed by atoms with E-state index in [1.165, 1.54) is 19.2 Å². The Morgan fingerprint density at radius 2 is 2.05 bits per heavy atom. The van der Waals surface area contributed by atoms with Crippen molar-refractivity contribution < 1.29 is 23.8 Å². The van der Waals surface area contributed by atoms with Gasteiger partial charge in [-0.25, -0.2) is 4.39 Å². The van der Waals surface area contributed by atoms with Crippen LogP contribution in [0, 0.1) is 5.82 Å². The Labute approximate surface area is 121 Å². The van der Waals surface area contributed by atoms with Gasteiger partial charge in [0.25, 0.3) is 0 Å². The number of aliphatic hydroxyl groups is 1. The van der Waals surface area contributed by atoms with Gasteiger partial charge < -0.3 is 14.6 Å². The number of ketones is 1. The highest BCUT2D eigenvalue weighted by Crippen LogP contribution is 2.20. The van der Waals surface area contributed by atoms with E-state index in [4.69, 9.17) is 14.6 Å². The van der Waals surface area contributed by atoms with Crippen LogP contribution in [0.25, 0.3) is 0 Å². The minimum Gasteiger partial charge on any atom is -0.496 e. The standard InChI is InChI=1S/C16H15FO4/c1-20-16-6-5-12(17)8-14(16)15(19)10-21-13-4-2-3-11(7-13)9-18/h2-8,18H,9-10H2,1H3. The van der Waals surface area contributed by atoms with Crippen LogP contribution >= 0.6 is 0 Å². The number of ether oxygens (including phenoxy) is 2. The van der Waals surface area contributed by atoms with Gasteiger partial charge in [0, 0.05) is 0 Å². The van der Waals surface area contributed by atoms with Crippen LogP contribution in [-0.2, 0) is 6.61 Å². The highest BCUT2D eigenvalue weighted by Gasteiger charge is 2.14. The molecule has 0 atom stereocenters. The van der Waals surface area contributed by atoms with E-state index >= 15 is 0 Å². The predicted octanol–water partition coefficient (Wildman–Crippen LogP) is 2.59. The van der Waals surface area contributed by atoms with Crippen molar-refractivity contribution in [3.8, 4) is 11.5 Å². The first-order valence-electron chi connectivity index (χ1n) is 6.33. The quantitative estimate of drug-likeness (QED) is 0.831. The van der Waals surface area contributed by atoms with Gasteiger partial charge in [-0.1, -0.05) is 12.1 Å². The fourth-order valence-electron chi connectivity index (χ4n) is 1.86. The average Bonchev–Trinajstić information content (AvgIpc) is 2.52. The number of rotatable bonds is 6. The third-order valence-corrected chi connectivity index (χ3v) is 2.91. The van der Waals surface area contributed by atoms with E-state index in [9.17, 15) is 9.18 Å². The summed E-state index contributed by atoms with van der Waals surface area (Å²) >= 11 is 0. The summed E-state index contributed by atoms with van der Waals surface area (Å²) in [5.74, 6) is -0.137. The Balaban J connectivity index is 2.09. The Kier molecular flexibility index (Phi) is 4.90. The molecule has 0 spiro atoms. The number of hydrogen-bond acceptors (Lipinski definition) is 4. The minimum atomic E-state index is -0.513. The summed E-state index contributed by atoms with van der Waals surface area (Å²) in [7, 11) is 1.41. The number of benzene rings is 2. The van der Waals surface area contributed by atoms with Gasteiger partial charge in [-0.2, -0.15) is 0 Å². The molecule has 0 saturated carbocycles. The van der Waals surface area contributed by atoms with Gasteiger partial charge in [0.2, 0.25) is 5.78 Å². The molecule has 0 radical (unpaired) electrons. The molecular weight excluding hydrogens is 275 g/mol. The molecule has 0 amide bonds. The van der Waals surface area contributed by atoms with E-state index in [0.29, 0.717) is 17.1 Å². The SMILES string of the molecule is COc1ccc(F)cc1C(=O)COc1cccc(CO)c1. The van der Waals surface area contributed by atoms with Crippen LogP contribution in [0.5, 0.6) is 11.5 Å². The second-order valence-corrected chi connectivity index (χ2v) is 4.36. The van der Waals surface area contributed by atoms with Crippen LogP contribution in [0.1, 0.15) is 15.9 Å². The molecule has 0 saturated heterocycles. The molecule has 2 aromatic carbocycles. The van der Waals surface area contributed by atoms with Crippen molar-refractivity contribution in [1.29, 1.82) is 0 Å². The third kappa shape index (κ3) is 3.79. The molecule has 2 aromatic rings. The zero-order valence-electron chi connectivity index (χ0n) is 11.5. The first kappa shape index (κ1) is 15.0. The Morgan fingerprint density at radius 1 is 1.24 bits per heavy atom. The second-order valence-electron chi connectivity index (χ2n) is 4.36. The molecule has 0 fully saturated rings. The van der Waals surface area contributed by atoms with Crippen molar-refractivity contribution >= 4 is 5.78 Å². The Morgan fingerprint density at radius 3 is 2.76 bits per heavy atom. The van der Waals surface area contributed by atoms with Crippen molar-refractivity contribution in [3.05, 3.63) is 59.4 Å². The van der Waals surface area contributed by atoms with Crippen molar-refractivity contribution in [2.45, 2.75) is 6.61 Å². The number of aliphatic hydroxyl groups excluding tert-OH is 1. The third-order valence-electron chi connectivity index (χ3n) is 2.91. The topological polar surface area (TPSA) is 55.8 Å². The van der Waals surface area contributed by atoms with E-state index in [1.807, 2.05) is 0 Å². The number of carbonyl (C=O) groups excluding carboxylic acids is 1. The summed E-state index contributed by atoms with van der Waals surface area (Å²) < 4.78 is 23.6. The van der Waals surface area contributed by atoms with E-state index in [-0.39, 0.29) is 24.6 Å². The van der Waals surface area contributed by atoms with Crippen LogP contribution < -0.4 is 9.47 Å². The van der Waals surface area contributed by atoms with Gasteiger partial charge in [-0.3, -0.25) is 4.79 Å². The van der Waals surface area contributed by atoms with Crippen molar-refractivity contribution in [2.24, 2.45) is 0 Å². The van der Waals surface area contributed by atoms with Gasteiger partial charge in [0.1, 0.15) is 17.3 Å². The van der Waals surface area contributed by atoms with Gasteiger partial charge in [-0.15, -0.1) is 0 Å². The Hall–Kier alpha value is -2.40. The molecule has 0 aliphatic heterocycles. The van der Waals surface area contributed by atoms with E-state index in [2.05, 4.69) is 0 Å². The fraction of sp³-hybridized carbons (Fsp3) is 0.188. The lowest BCUT2D eigenvalue weighted by atomic mass is 10.1. The van der Waals surface area contributed by atoms with E-state index in [1.54, 1.807) is 24.3 Å². The maximum Gasteiger partial charge on any atom is 0.204 e. The molecule has 5 heteroatoms. The predicted molar refractivity (Wildman–Crippen MR) is 75.1 cm³/mol. The van der Waals surface area contributed by atoms with Crippen molar-refractivity contribution in [1.82, 2.24) is 0 Å². The summed E-state index contributed by atoms with van der Waals surface area (Å²) in [5.41, 5.74) is 0.819. The molecule has 0 heterocycles. The van der Waals surface area contributed by atoms with Crippen LogP contribution in [-0.4, -0.2) is 24.6 Å². The minimum absolute atomic E-state index is 0.108. The zero-order valence-corrected chi connectivity index (χ0v) is 11.5. The molecule has 0 unspecified atom stereocenters. The van der Waals surface area contributed by atoms with Crippen molar-refractivity contribution in [2.75, 3.05) is 13.7 Å². The first-order valence-corrected chi connectivity index (χ1v) is 6.33. The van der Waals surface area contributed by atoms with Gasteiger partial charge in [0.05, 0.1) is 19.3 Å². The molecule has 21 heavy (non-hydrogen) atoms. The fourth-order valence-corrected chi connectivity index (χ4v) is 1.86. The zero-order chi connectivity index (χ0) is 15.2. The van der Waals surface area contributed by atoms with E-state index < -0.39 is 5.82 Å². The number of halogens is 1. The smallest absolute Gasteiger partial charge is 0.204 e. The lowest BCUT2D eigenvalue weighted by Crippen LogP contribution is -2.13. The summed E-state index contributed by atoms with van der Waals surface area (Å²) in [5, 5.41) is 9.04. The molecule has 0 aromatic heterocycles. The molecular formula is C16H15FO4. The van der Waals surface area contributed by atoms with Crippen molar-refractivity contribution in [3.63, 3.8) is 0 Å². The van der Waals surface area contributed by atoms with E-state index in [0.717, 1.165) is 6.07 Å². The lowest BCUT2D eigenvalue weighted by Gasteiger charge is -2.09. The summed E-state index contributed by atoms with van der Waals surface area (Å²) in [6.45, 7) is -0.350. The van der Waals surface area contributed by atoms with Gasteiger partial charge in [-0.05, 0) is 35.9 Å². The molecule has 4 nitrogen and oxygen atoms in total. The van der Waals surface area contributed by atoms with Crippen LogP contribution in [0.2, 0.25) is 0 Å². The van der Waals surface area contributed by atoms with Gasteiger partial charge in [0.15, 0.2) is 6.61 Å². The normalized spacial score (nSPS) is 10.2. The lowest BCUT2D eigenvalue weighted by molar-refractivity contribution is 0.0918. The molecule has 0 bridgehead atoms. The Bertz CT molecular complexity index is 640. The highest BCUT2D eigenvalue weighted by atomic mass is 19.1. The second kappa shape index (κ2) is 6.85. The summed E-state index contributed by atoms with van der Waals surface area (Å²) in [6, 6.07) is 10.5. The van der Waals surface area contributed by atoms with Crippen LogP contribution in [0.3, 0.4) is 0 Å². The van der Waals surface area contributed by atoms with Gasteiger partial charge >= 0.3 is 0 Å². The molecule has 110 valence electrons. The number of carbonyl (C=O) groups is 1. The number of hydrogen-bond donors (Lipinski definition) is 1. The molecule has 0 aliphatic rings. The van der Waals surface area contributed by atoms with Crippen LogP contribution in [0.15, 0.2) is 42.5 Å². The first-order chi connectivity index (χ1) is 10.1.